The van der Waals surface area contributed by atoms with E-state index in [1.807, 2.05) is 17.5 Å². The second-order valence-corrected chi connectivity index (χ2v) is 7.23. The topological polar surface area (TPSA) is 66.4 Å². The van der Waals surface area contributed by atoms with Gasteiger partial charge in [0, 0.05) is 10.8 Å². The summed E-state index contributed by atoms with van der Waals surface area (Å²) in [6.07, 6.45) is 2.67. The van der Waals surface area contributed by atoms with Gasteiger partial charge in [-0.15, -0.1) is 11.3 Å². The largest absolute Gasteiger partial charge is 0.481 e. The number of amides is 1. The number of nitrogens with one attached hydrogen (secondary N) is 1. The third-order valence-electron chi connectivity index (χ3n) is 4.06. The Morgan fingerprint density at radius 2 is 2.10 bits per heavy atom. The highest BCUT2D eigenvalue weighted by atomic mass is 32.1. The quantitative estimate of drug-likeness (QED) is 0.846. The fraction of sp³-hybridized carbons (Fsp3) is 0.625. The van der Waals surface area contributed by atoms with Crippen LogP contribution in [0.5, 0.6) is 0 Å². The molecule has 0 bridgehead atoms. The lowest BCUT2D eigenvalue weighted by molar-refractivity contribution is -0.141. The van der Waals surface area contributed by atoms with E-state index in [-0.39, 0.29) is 23.8 Å². The van der Waals surface area contributed by atoms with Crippen LogP contribution in [0.25, 0.3) is 0 Å². The van der Waals surface area contributed by atoms with Crippen LogP contribution in [0.15, 0.2) is 17.5 Å². The SMILES string of the molecule is CC(C)CC(NC(=O)[C@@H]1CC[C@H](C(=O)O)C1)c1cccs1. The first kappa shape index (κ1) is 16.0. The number of aliphatic carboxylic acids is 1. The van der Waals surface area contributed by atoms with Crippen LogP contribution >= 0.6 is 11.3 Å². The second-order valence-electron chi connectivity index (χ2n) is 6.25. The zero-order valence-corrected chi connectivity index (χ0v) is 13.4. The van der Waals surface area contributed by atoms with Crippen LogP contribution in [0.2, 0.25) is 0 Å². The van der Waals surface area contributed by atoms with Crippen LogP contribution in [0.3, 0.4) is 0 Å². The van der Waals surface area contributed by atoms with Gasteiger partial charge < -0.3 is 10.4 Å². The number of carboxylic acid groups (broad SMARTS) is 1. The molecule has 0 radical (unpaired) electrons. The summed E-state index contributed by atoms with van der Waals surface area (Å²) in [5, 5.41) is 14.2. The van der Waals surface area contributed by atoms with E-state index in [0.29, 0.717) is 25.2 Å². The Kier molecular flexibility index (Phi) is 5.39. The van der Waals surface area contributed by atoms with Crippen LogP contribution in [-0.4, -0.2) is 17.0 Å². The summed E-state index contributed by atoms with van der Waals surface area (Å²) in [5.41, 5.74) is 0. The first-order chi connectivity index (χ1) is 9.97. The number of carboxylic acids is 1. The van der Waals surface area contributed by atoms with Gasteiger partial charge in [0.05, 0.1) is 12.0 Å². The van der Waals surface area contributed by atoms with E-state index in [4.69, 9.17) is 5.11 Å². The molecular formula is C16H23NO3S. The molecule has 0 spiro atoms. The van der Waals surface area contributed by atoms with Gasteiger partial charge in [-0.3, -0.25) is 9.59 Å². The van der Waals surface area contributed by atoms with Gasteiger partial charge in [0.2, 0.25) is 5.91 Å². The molecule has 1 aromatic heterocycles. The maximum atomic E-state index is 12.4. The Morgan fingerprint density at radius 3 is 2.62 bits per heavy atom. The fourth-order valence-corrected chi connectivity index (χ4v) is 3.73. The van der Waals surface area contributed by atoms with Crippen molar-refractivity contribution in [2.45, 2.75) is 45.6 Å². The highest BCUT2D eigenvalue weighted by molar-refractivity contribution is 7.10. The van der Waals surface area contributed by atoms with E-state index in [2.05, 4.69) is 19.2 Å². The van der Waals surface area contributed by atoms with Crippen LogP contribution in [0.1, 0.15) is 50.4 Å². The first-order valence-corrected chi connectivity index (χ1v) is 8.42. The highest BCUT2D eigenvalue weighted by Crippen LogP contribution is 2.32. The van der Waals surface area contributed by atoms with Gasteiger partial charge in [-0.05, 0) is 43.0 Å². The molecule has 2 N–H and O–H groups in total. The Bertz CT molecular complexity index is 484. The van der Waals surface area contributed by atoms with Crippen molar-refractivity contribution in [3.8, 4) is 0 Å². The molecule has 2 rings (SSSR count). The van der Waals surface area contributed by atoms with E-state index in [1.165, 1.54) is 4.88 Å². The second kappa shape index (κ2) is 7.07. The number of rotatable bonds is 6. The Balaban J connectivity index is 1.97. The fourth-order valence-electron chi connectivity index (χ4n) is 2.94. The lowest BCUT2D eigenvalue weighted by Gasteiger charge is -2.21. The molecule has 1 aliphatic rings. The van der Waals surface area contributed by atoms with Crippen molar-refractivity contribution in [2.75, 3.05) is 0 Å². The van der Waals surface area contributed by atoms with Crippen LogP contribution in [-0.2, 0) is 9.59 Å². The molecule has 21 heavy (non-hydrogen) atoms. The molecular weight excluding hydrogens is 286 g/mol. The van der Waals surface area contributed by atoms with Gasteiger partial charge in [0.25, 0.3) is 0 Å². The molecule has 3 atom stereocenters. The zero-order chi connectivity index (χ0) is 15.4. The molecule has 1 aromatic rings. The maximum absolute atomic E-state index is 12.4. The van der Waals surface area contributed by atoms with E-state index in [9.17, 15) is 9.59 Å². The minimum atomic E-state index is -0.776. The van der Waals surface area contributed by atoms with Gasteiger partial charge in [-0.25, -0.2) is 0 Å². The predicted molar refractivity (Wildman–Crippen MR) is 83.1 cm³/mol. The molecule has 1 unspecified atom stereocenters. The lowest BCUT2D eigenvalue weighted by Crippen LogP contribution is -2.33. The Hall–Kier alpha value is -1.36. The molecule has 1 aliphatic carbocycles. The summed E-state index contributed by atoms with van der Waals surface area (Å²) < 4.78 is 0. The molecule has 0 aliphatic heterocycles. The number of carbonyl (C=O) groups is 2. The normalized spacial score (nSPS) is 23.2. The van der Waals surface area contributed by atoms with Crippen molar-refractivity contribution in [3.63, 3.8) is 0 Å². The van der Waals surface area contributed by atoms with Crippen molar-refractivity contribution in [2.24, 2.45) is 17.8 Å². The van der Waals surface area contributed by atoms with Crippen LogP contribution in [0.4, 0.5) is 0 Å². The molecule has 5 heteroatoms. The summed E-state index contributed by atoms with van der Waals surface area (Å²) in [4.78, 5) is 24.6. The Morgan fingerprint density at radius 1 is 1.38 bits per heavy atom. The van der Waals surface area contributed by atoms with E-state index in [1.54, 1.807) is 11.3 Å². The first-order valence-electron chi connectivity index (χ1n) is 7.54. The van der Waals surface area contributed by atoms with Gasteiger partial charge in [-0.2, -0.15) is 0 Å². The molecule has 1 saturated carbocycles. The number of hydrogen-bond donors (Lipinski definition) is 2. The smallest absolute Gasteiger partial charge is 0.306 e. The van der Waals surface area contributed by atoms with Gasteiger partial charge in [0.15, 0.2) is 0 Å². The monoisotopic (exact) mass is 309 g/mol. The van der Waals surface area contributed by atoms with Gasteiger partial charge in [-0.1, -0.05) is 19.9 Å². The summed E-state index contributed by atoms with van der Waals surface area (Å²) in [5.74, 6) is -0.778. The van der Waals surface area contributed by atoms with Crippen molar-refractivity contribution >= 4 is 23.2 Å². The number of thiophene rings is 1. The molecule has 1 amide bonds. The molecule has 4 nitrogen and oxygen atoms in total. The summed E-state index contributed by atoms with van der Waals surface area (Å²) >= 11 is 1.65. The van der Waals surface area contributed by atoms with Crippen molar-refractivity contribution in [1.29, 1.82) is 0 Å². The molecule has 0 aromatic carbocycles. The molecule has 1 fully saturated rings. The average Bonchev–Trinajstić information content (AvgIpc) is 3.09. The van der Waals surface area contributed by atoms with Crippen LogP contribution in [0, 0.1) is 17.8 Å². The number of hydrogen-bond acceptors (Lipinski definition) is 3. The van der Waals surface area contributed by atoms with E-state index >= 15 is 0 Å². The predicted octanol–water partition coefficient (Wildman–Crippen LogP) is 3.45. The average molecular weight is 309 g/mol. The molecule has 1 heterocycles. The van der Waals surface area contributed by atoms with E-state index in [0.717, 1.165) is 6.42 Å². The minimum Gasteiger partial charge on any atom is -0.481 e. The van der Waals surface area contributed by atoms with Crippen LogP contribution < -0.4 is 5.32 Å². The molecule has 116 valence electrons. The summed E-state index contributed by atoms with van der Waals surface area (Å²) in [6, 6.07) is 4.09. The Labute approximate surface area is 129 Å². The minimum absolute atomic E-state index is 0.0119. The lowest BCUT2D eigenvalue weighted by atomic mass is 10.00. The van der Waals surface area contributed by atoms with Gasteiger partial charge >= 0.3 is 5.97 Å². The third kappa shape index (κ3) is 4.30. The van der Waals surface area contributed by atoms with Crippen molar-refractivity contribution < 1.29 is 14.7 Å². The van der Waals surface area contributed by atoms with Crippen molar-refractivity contribution in [1.82, 2.24) is 5.32 Å². The maximum Gasteiger partial charge on any atom is 0.306 e. The summed E-state index contributed by atoms with van der Waals surface area (Å²) in [6.45, 7) is 4.28. The third-order valence-corrected chi connectivity index (χ3v) is 5.05. The van der Waals surface area contributed by atoms with Crippen molar-refractivity contribution in [3.05, 3.63) is 22.4 Å². The standard InChI is InChI=1S/C16H23NO3S/c1-10(2)8-13(14-4-3-7-21-14)17-15(18)11-5-6-12(9-11)16(19)20/h3-4,7,10-13H,5-6,8-9H2,1-2H3,(H,17,18)(H,19,20)/t11-,12+,13?/m1/s1. The molecule has 0 saturated heterocycles. The number of carbonyl (C=O) groups excluding carboxylic acids is 1. The summed E-state index contributed by atoms with van der Waals surface area (Å²) in [7, 11) is 0. The highest BCUT2D eigenvalue weighted by Gasteiger charge is 2.34. The van der Waals surface area contributed by atoms with Gasteiger partial charge in [0.1, 0.15) is 0 Å². The zero-order valence-electron chi connectivity index (χ0n) is 12.5. The van der Waals surface area contributed by atoms with E-state index < -0.39 is 5.97 Å².